The van der Waals surface area contributed by atoms with E-state index in [0.717, 1.165) is 19.6 Å². The Bertz CT molecular complexity index is 105. The van der Waals surface area contributed by atoms with Gasteiger partial charge in [0, 0.05) is 18.8 Å². The van der Waals surface area contributed by atoms with E-state index in [0.29, 0.717) is 18.1 Å². The second-order valence-electron chi connectivity index (χ2n) is 2.50. The van der Waals surface area contributed by atoms with Gasteiger partial charge in [-0.15, -0.1) is 0 Å². The Labute approximate surface area is 55.2 Å². The largest absolute Gasteiger partial charge is 0.381 e. The lowest BCUT2D eigenvalue weighted by atomic mass is 10.0. The maximum absolute atomic E-state index is 10.8. The Hall–Kier alpha value is -0.370. The molecule has 1 heterocycles. The van der Waals surface area contributed by atoms with Crippen LogP contribution in [0.5, 0.6) is 0 Å². The van der Waals surface area contributed by atoms with Crippen molar-refractivity contribution in [2.45, 2.75) is 19.8 Å². The molecule has 0 radical (unpaired) electrons. The minimum atomic E-state index is 0.364. The predicted molar refractivity (Wildman–Crippen MR) is 34.2 cm³/mol. The first-order valence-corrected chi connectivity index (χ1v) is 3.42. The molecule has 0 aromatic rings. The van der Waals surface area contributed by atoms with Crippen LogP contribution in [0.4, 0.5) is 0 Å². The summed E-state index contributed by atoms with van der Waals surface area (Å²) in [7, 11) is 0. The summed E-state index contributed by atoms with van der Waals surface area (Å²) < 4.78 is 4.93. The fourth-order valence-corrected chi connectivity index (χ4v) is 0.869. The lowest BCUT2D eigenvalue weighted by Crippen LogP contribution is -2.29. The zero-order valence-electron chi connectivity index (χ0n) is 5.72. The van der Waals surface area contributed by atoms with Crippen LogP contribution in [-0.4, -0.2) is 19.0 Å². The molecule has 0 atom stereocenters. The van der Waals surface area contributed by atoms with Crippen molar-refractivity contribution >= 4 is 5.78 Å². The molecule has 0 saturated carbocycles. The molecule has 52 valence electrons. The van der Waals surface area contributed by atoms with Crippen molar-refractivity contribution in [2.24, 2.45) is 5.92 Å². The summed E-state index contributed by atoms with van der Waals surface area (Å²) in [6.45, 7) is 3.50. The third-order valence-corrected chi connectivity index (χ3v) is 1.62. The van der Waals surface area contributed by atoms with Gasteiger partial charge in [0.15, 0.2) is 0 Å². The van der Waals surface area contributed by atoms with Gasteiger partial charge < -0.3 is 4.74 Å². The topological polar surface area (TPSA) is 26.3 Å². The molecule has 0 unspecified atom stereocenters. The molecule has 0 amide bonds. The maximum Gasteiger partial charge on any atom is 0.133 e. The van der Waals surface area contributed by atoms with E-state index >= 15 is 0 Å². The number of Topliss-reactive ketones (excluding diaryl/α,β-unsaturated/α-hetero) is 1. The van der Waals surface area contributed by atoms with E-state index < -0.39 is 0 Å². The number of hydrogen-bond acceptors (Lipinski definition) is 2. The first kappa shape index (κ1) is 6.75. The summed E-state index contributed by atoms with van der Waals surface area (Å²) in [5.74, 6) is 0.903. The van der Waals surface area contributed by atoms with Gasteiger partial charge in [0.25, 0.3) is 0 Å². The van der Waals surface area contributed by atoms with Crippen molar-refractivity contribution < 1.29 is 9.53 Å². The molecule has 0 N–H and O–H groups in total. The van der Waals surface area contributed by atoms with Crippen LogP contribution in [0.3, 0.4) is 0 Å². The molecule has 0 aromatic heterocycles. The van der Waals surface area contributed by atoms with Crippen molar-refractivity contribution in [3.63, 3.8) is 0 Å². The standard InChI is InChI=1S/C7H12O2/c1-2-7(8)3-6-4-9-5-6/h6H,2-5H2,1H3. The molecular formula is C7H12O2. The quantitative estimate of drug-likeness (QED) is 0.566. The average molecular weight is 128 g/mol. The number of ketones is 1. The van der Waals surface area contributed by atoms with Crippen LogP contribution in [0.2, 0.25) is 0 Å². The van der Waals surface area contributed by atoms with Gasteiger partial charge in [-0.25, -0.2) is 0 Å². The number of hydrogen-bond donors (Lipinski definition) is 0. The summed E-state index contributed by atoms with van der Waals surface area (Å²) in [6.07, 6.45) is 1.41. The van der Waals surface area contributed by atoms with Crippen molar-refractivity contribution in [2.75, 3.05) is 13.2 Å². The molecule has 1 aliphatic rings. The highest BCUT2D eigenvalue weighted by atomic mass is 16.5. The molecule has 0 spiro atoms. The second-order valence-corrected chi connectivity index (χ2v) is 2.50. The van der Waals surface area contributed by atoms with E-state index in [1.54, 1.807) is 0 Å². The Balaban J connectivity index is 2.09. The Morgan fingerprint density at radius 2 is 2.33 bits per heavy atom. The summed E-state index contributed by atoms with van der Waals surface area (Å²) in [5.41, 5.74) is 0. The molecule has 2 nitrogen and oxygen atoms in total. The average Bonchev–Trinajstić information content (AvgIpc) is 1.78. The molecule has 1 saturated heterocycles. The Kier molecular flexibility index (Phi) is 2.22. The molecule has 1 aliphatic heterocycles. The van der Waals surface area contributed by atoms with Gasteiger partial charge in [-0.2, -0.15) is 0 Å². The van der Waals surface area contributed by atoms with Crippen LogP contribution < -0.4 is 0 Å². The van der Waals surface area contributed by atoms with E-state index in [2.05, 4.69) is 0 Å². The van der Waals surface area contributed by atoms with Gasteiger partial charge in [-0.1, -0.05) is 6.92 Å². The normalized spacial score (nSPS) is 19.2. The Morgan fingerprint density at radius 3 is 2.67 bits per heavy atom. The number of carbonyl (C=O) groups is 1. The SMILES string of the molecule is CCC(=O)CC1COC1. The molecule has 0 bridgehead atoms. The zero-order valence-corrected chi connectivity index (χ0v) is 5.72. The summed E-state index contributed by atoms with van der Waals surface area (Å²) in [6, 6.07) is 0. The summed E-state index contributed by atoms with van der Waals surface area (Å²) in [5, 5.41) is 0. The van der Waals surface area contributed by atoms with Crippen molar-refractivity contribution in [3.05, 3.63) is 0 Å². The van der Waals surface area contributed by atoms with E-state index in [-0.39, 0.29) is 0 Å². The van der Waals surface area contributed by atoms with E-state index in [1.165, 1.54) is 0 Å². The van der Waals surface area contributed by atoms with Gasteiger partial charge in [-0.05, 0) is 0 Å². The molecule has 0 aromatic carbocycles. The summed E-state index contributed by atoms with van der Waals surface area (Å²) >= 11 is 0. The van der Waals surface area contributed by atoms with Gasteiger partial charge >= 0.3 is 0 Å². The smallest absolute Gasteiger partial charge is 0.133 e. The molecule has 1 fully saturated rings. The van der Waals surface area contributed by atoms with Crippen molar-refractivity contribution in [1.82, 2.24) is 0 Å². The van der Waals surface area contributed by atoms with E-state index in [4.69, 9.17) is 4.74 Å². The lowest BCUT2D eigenvalue weighted by Gasteiger charge is -2.24. The number of ether oxygens (including phenoxy) is 1. The third kappa shape index (κ3) is 1.79. The first-order valence-electron chi connectivity index (χ1n) is 3.42. The van der Waals surface area contributed by atoms with Crippen LogP contribution in [0.15, 0.2) is 0 Å². The highest BCUT2D eigenvalue weighted by Crippen LogP contribution is 2.14. The molecule has 0 aliphatic carbocycles. The minimum absolute atomic E-state index is 0.364. The summed E-state index contributed by atoms with van der Waals surface area (Å²) in [4.78, 5) is 10.8. The van der Waals surface area contributed by atoms with Crippen LogP contribution in [-0.2, 0) is 9.53 Å². The van der Waals surface area contributed by atoms with Crippen molar-refractivity contribution in [1.29, 1.82) is 0 Å². The number of rotatable bonds is 3. The van der Waals surface area contributed by atoms with Crippen LogP contribution in [0, 0.1) is 5.92 Å². The number of carbonyl (C=O) groups excluding carboxylic acids is 1. The van der Waals surface area contributed by atoms with Crippen LogP contribution >= 0.6 is 0 Å². The fraction of sp³-hybridized carbons (Fsp3) is 0.857. The second kappa shape index (κ2) is 2.97. The van der Waals surface area contributed by atoms with Gasteiger partial charge in [-0.3, -0.25) is 4.79 Å². The van der Waals surface area contributed by atoms with Crippen LogP contribution in [0.1, 0.15) is 19.8 Å². The van der Waals surface area contributed by atoms with Gasteiger partial charge in [0.05, 0.1) is 13.2 Å². The van der Waals surface area contributed by atoms with Gasteiger partial charge in [0.2, 0.25) is 0 Å². The predicted octanol–water partition coefficient (Wildman–Crippen LogP) is 1.00. The van der Waals surface area contributed by atoms with Gasteiger partial charge in [0.1, 0.15) is 5.78 Å². The molecule has 9 heavy (non-hydrogen) atoms. The van der Waals surface area contributed by atoms with Crippen LogP contribution in [0.25, 0.3) is 0 Å². The molecular weight excluding hydrogens is 116 g/mol. The van der Waals surface area contributed by atoms with E-state index in [9.17, 15) is 4.79 Å². The first-order chi connectivity index (χ1) is 4.33. The fourth-order valence-electron chi connectivity index (χ4n) is 0.869. The van der Waals surface area contributed by atoms with Crippen molar-refractivity contribution in [3.8, 4) is 0 Å². The minimum Gasteiger partial charge on any atom is -0.381 e. The lowest BCUT2D eigenvalue weighted by molar-refractivity contribution is -0.124. The van der Waals surface area contributed by atoms with E-state index in [1.807, 2.05) is 6.92 Å². The third-order valence-electron chi connectivity index (χ3n) is 1.62. The maximum atomic E-state index is 10.8. The molecule has 2 heteroatoms. The Morgan fingerprint density at radius 1 is 1.67 bits per heavy atom. The highest BCUT2D eigenvalue weighted by Gasteiger charge is 2.20. The highest BCUT2D eigenvalue weighted by molar-refractivity contribution is 5.78. The zero-order chi connectivity index (χ0) is 6.69. The molecule has 1 rings (SSSR count). The monoisotopic (exact) mass is 128 g/mol.